The lowest BCUT2D eigenvalue weighted by Gasteiger charge is -2.41. The molecule has 1 aromatic rings. The van der Waals surface area contributed by atoms with Gasteiger partial charge in [-0.3, -0.25) is 18.9 Å². The maximum atomic E-state index is 13.4. The zero-order valence-electron chi connectivity index (χ0n) is 12.1. The van der Waals surface area contributed by atoms with E-state index in [4.69, 9.17) is 19.0 Å². The number of phosphoric acid groups is 1. The lowest BCUT2D eigenvalue weighted by atomic mass is 9.78. The molecule has 2 aliphatic rings. The SMILES string of the molecule is O=c1[nH]c(=O)n([C@H]2CC(O)=C(C3(OP(=O)(O)O)CCC3)O2)cc1F. The number of phosphoric ester groups is 1. The number of halogens is 1. The van der Waals surface area contributed by atoms with Crippen LogP contribution in [0.15, 0.2) is 27.3 Å². The lowest BCUT2D eigenvalue weighted by molar-refractivity contribution is -0.0633. The van der Waals surface area contributed by atoms with Gasteiger partial charge in [0.1, 0.15) is 11.4 Å². The summed E-state index contributed by atoms with van der Waals surface area (Å²) in [4.78, 5) is 42.7. The third kappa shape index (κ3) is 2.91. The summed E-state index contributed by atoms with van der Waals surface area (Å²) in [6, 6.07) is 0. The maximum absolute atomic E-state index is 13.4. The van der Waals surface area contributed by atoms with Crippen LogP contribution in [-0.2, 0) is 13.8 Å². The topological polar surface area (TPSA) is 151 Å². The molecule has 0 saturated heterocycles. The summed E-state index contributed by atoms with van der Waals surface area (Å²) in [6.07, 6.45) is 0.236. The van der Waals surface area contributed by atoms with Crippen molar-refractivity contribution in [1.29, 1.82) is 0 Å². The van der Waals surface area contributed by atoms with Crippen molar-refractivity contribution in [2.75, 3.05) is 0 Å². The molecule has 1 aliphatic heterocycles. The van der Waals surface area contributed by atoms with Crippen LogP contribution in [0.25, 0.3) is 0 Å². The van der Waals surface area contributed by atoms with E-state index in [1.807, 2.05) is 0 Å². The highest BCUT2D eigenvalue weighted by Gasteiger charge is 2.52. The molecule has 0 spiro atoms. The Balaban J connectivity index is 1.90. The van der Waals surface area contributed by atoms with Crippen molar-refractivity contribution in [2.45, 2.75) is 37.5 Å². The normalized spacial score (nSPS) is 23.0. The number of hydrogen-bond acceptors (Lipinski definition) is 6. The Morgan fingerprint density at radius 3 is 2.62 bits per heavy atom. The average molecular weight is 364 g/mol. The minimum Gasteiger partial charge on any atom is -0.508 e. The third-order valence-electron chi connectivity index (χ3n) is 3.99. The van der Waals surface area contributed by atoms with Gasteiger partial charge in [0.2, 0.25) is 5.82 Å². The van der Waals surface area contributed by atoms with Gasteiger partial charge in [-0.1, -0.05) is 0 Å². The molecular formula is C12H14FN2O8P. The van der Waals surface area contributed by atoms with Gasteiger partial charge >= 0.3 is 13.5 Å². The summed E-state index contributed by atoms with van der Waals surface area (Å²) in [5.74, 6) is -1.76. The molecule has 1 aromatic heterocycles. The number of aromatic amines is 1. The van der Waals surface area contributed by atoms with Gasteiger partial charge in [0.05, 0.1) is 12.6 Å². The molecular weight excluding hydrogens is 350 g/mol. The van der Waals surface area contributed by atoms with Crippen molar-refractivity contribution in [3.05, 3.63) is 44.4 Å². The monoisotopic (exact) mass is 364 g/mol. The van der Waals surface area contributed by atoms with Gasteiger partial charge in [-0.15, -0.1) is 0 Å². The molecule has 0 unspecified atom stereocenters. The number of ether oxygens (including phenoxy) is 1. The van der Waals surface area contributed by atoms with Crippen LogP contribution in [0.5, 0.6) is 0 Å². The van der Waals surface area contributed by atoms with Crippen molar-refractivity contribution < 1.29 is 33.1 Å². The van der Waals surface area contributed by atoms with E-state index in [2.05, 4.69) is 0 Å². The largest absolute Gasteiger partial charge is 0.508 e. The van der Waals surface area contributed by atoms with Crippen LogP contribution in [0.3, 0.4) is 0 Å². The molecule has 4 N–H and O–H groups in total. The van der Waals surface area contributed by atoms with Crippen LogP contribution >= 0.6 is 7.82 Å². The highest BCUT2D eigenvalue weighted by Crippen LogP contribution is 2.55. The quantitative estimate of drug-likeness (QED) is 0.560. The fourth-order valence-corrected chi connectivity index (χ4v) is 3.51. The van der Waals surface area contributed by atoms with Crippen molar-refractivity contribution in [2.24, 2.45) is 0 Å². The molecule has 2 heterocycles. The van der Waals surface area contributed by atoms with Crippen LogP contribution in [0.4, 0.5) is 4.39 Å². The van der Waals surface area contributed by atoms with Gasteiger partial charge < -0.3 is 19.6 Å². The van der Waals surface area contributed by atoms with E-state index in [-0.39, 0.29) is 30.8 Å². The molecule has 3 rings (SSSR count). The number of aromatic nitrogens is 2. The Bertz CT molecular complexity index is 865. The van der Waals surface area contributed by atoms with Gasteiger partial charge in [0.25, 0.3) is 5.56 Å². The minimum absolute atomic E-state index is 0.194. The van der Waals surface area contributed by atoms with E-state index >= 15 is 0 Å². The van der Waals surface area contributed by atoms with Crippen molar-refractivity contribution in [1.82, 2.24) is 9.55 Å². The first-order valence-corrected chi connectivity index (χ1v) is 8.51. The Kier molecular flexibility index (Phi) is 3.91. The molecule has 1 aliphatic carbocycles. The van der Waals surface area contributed by atoms with E-state index in [9.17, 15) is 23.7 Å². The first kappa shape index (κ1) is 16.9. The van der Waals surface area contributed by atoms with E-state index < -0.39 is 36.7 Å². The molecule has 0 aromatic carbocycles. The Morgan fingerprint density at radius 2 is 2.08 bits per heavy atom. The summed E-state index contributed by atoms with van der Waals surface area (Å²) in [5, 5.41) is 10.1. The number of rotatable bonds is 4. The van der Waals surface area contributed by atoms with Crippen molar-refractivity contribution >= 4 is 7.82 Å². The maximum Gasteiger partial charge on any atom is 0.470 e. The predicted octanol–water partition coefficient (Wildman–Crippen LogP) is 0.396. The van der Waals surface area contributed by atoms with Crippen molar-refractivity contribution in [3.63, 3.8) is 0 Å². The first-order chi connectivity index (χ1) is 11.1. The van der Waals surface area contributed by atoms with E-state index in [0.29, 0.717) is 12.6 Å². The van der Waals surface area contributed by atoms with Crippen LogP contribution in [0.1, 0.15) is 31.9 Å². The molecule has 24 heavy (non-hydrogen) atoms. The number of H-pyrrole nitrogens is 1. The van der Waals surface area contributed by atoms with Gasteiger partial charge in [-0.25, -0.2) is 9.36 Å². The third-order valence-corrected chi connectivity index (χ3v) is 4.57. The number of aliphatic hydroxyl groups excluding tert-OH is 1. The summed E-state index contributed by atoms with van der Waals surface area (Å²) >= 11 is 0. The van der Waals surface area contributed by atoms with Gasteiger partial charge in [-0.2, -0.15) is 4.39 Å². The smallest absolute Gasteiger partial charge is 0.470 e. The Labute approximate surface area is 133 Å². The van der Waals surface area contributed by atoms with Gasteiger partial charge in [0.15, 0.2) is 12.0 Å². The fraction of sp³-hybridized carbons (Fsp3) is 0.500. The van der Waals surface area contributed by atoms with Crippen LogP contribution in [-0.4, -0.2) is 30.0 Å². The highest BCUT2D eigenvalue weighted by atomic mass is 31.2. The lowest BCUT2D eigenvalue weighted by Crippen LogP contribution is -2.42. The number of aliphatic hydroxyl groups is 1. The second-order valence-electron chi connectivity index (χ2n) is 5.63. The van der Waals surface area contributed by atoms with Crippen LogP contribution < -0.4 is 11.2 Å². The van der Waals surface area contributed by atoms with E-state index in [0.717, 1.165) is 4.57 Å². The molecule has 1 fully saturated rings. The second kappa shape index (κ2) is 5.55. The van der Waals surface area contributed by atoms with Crippen LogP contribution in [0.2, 0.25) is 0 Å². The average Bonchev–Trinajstić information content (AvgIpc) is 2.79. The number of nitrogens with one attached hydrogen (secondary N) is 1. The molecule has 1 atom stereocenters. The summed E-state index contributed by atoms with van der Waals surface area (Å²) in [7, 11) is -4.85. The van der Waals surface area contributed by atoms with Crippen molar-refractivity contribution in [3.8, 4) is 0 Å². The Hall–Kier alpha value is -1.94. The number of nitrogens with zero attached hydrogens (tertiary/aromatic N) is 1. The second-order valence-corrected chi connectivity index (χ2v) is 6.79. The molecule has 0 amide bonds. The molecule has 10 nitrogen and oxygen atoms in total. The van der Waals surface area contributed by atoms with E-state index in [1.165, 1.54) is 0 Å². The molecule has 0 radical (unpaired) electrons. The zero-order valence-corrected chi connectivity index (χ0v) is 13.0. The minimum atomic E-state index is -4.85. The number of hydrogen-bond donors (Lipinski definition) is 4. The molecule has 1 saturated carbocycles. The Morgan fingerprint density at radius 1 is 1.42 bits per heavy atom. The fourth-order valence-electron chi connectivity index (χ4n) is 2.79. The van der Waals surface area contributed by atoms with Gasteiger partial charge in [0, 0.05) is 0 Å². The summed E-state index contributed by atoms with van der Waals surface area (Å²) in [5.41, 5.74) is -3.62. The molecule has 0 bridgehead atoms. The molecule has 12 heteroatoms. The standard InChI is InChI=1S/C12H14FN2O8P/c13-6-5-15(11(18)14-10(6)17)8-4-7(16)9(22-8)12(2-1-3-12)23-24(19,20)21/h5,8,16H,1-4H2,(H,14,17,18)(H2,19,20,21)/t8-/m1/s1. The summed E-state index contributed by atoms with van der Waals surface area (Å²) in [6.45, 7) is 0. The van der Waals surface area contributed by atoms with E-state index in [1.54, 1.807) is 4.98 Å². The van der Waals surface area contributed by atoms with Gasteiger partial charge in [-0.05, 0) is 19.3 Å². The molecule has 132 valence electrons. The van der Waals surface area contributed by atoms with Crippen LogP contribution in [0, 0.1) is 5.82 Å². The first-order valence-electron chi connectivity index (χ1n) is 6.98. The highest BCUT2D eigenvalue weighted by molar-refractivity contribution is 7.46. The summed E-state index contributed by atoms with van der Waals surface area (Å²) < 4.78 is 35.5. The predicted molar refractivity (Wildman–Crippen MR) is 75.4 cm³/mol. The zero-order chi connectivity index (χ0) is 17.7.